The van der Waals surface area contributed by atoms with E-state index in [0.29, 0.717) is 24.4 Å². The molecular formula is C16H23FN2O. The van der Waals surface area contributed by atoms with Crippen LogP contribution in [0.2, 0.25) is 0 Å². The van der Waals surface area contributed by atoms with E-state index in [0.717, 1.165) is 25.2 Å². The van der Waals surface area contributed by atoms with Crippen molar-refractivity contribution in [2.45, 2.75) is 44.8 Å². The van der Waals surface area contributed by atoms with E-state index in [-0.39, 0.29) is 5.82 Å². The molecule has 1 aliphatic carbocycles. The van der Waals surface area contributed by atoms with Gasteiger partial charge in [0.2, 0.25) is 0 Å². The van der Waals surface area contributed by atoms with Gasteiger partial charge in [-0.05, 0) is 50.4 Å². The minimum absolute atomic E-state index is 0.246. The van der Waals surface area contributed by atoms with Gasteiger partial charge in [0.15, 0.2) is 11.6 Å². The Balaban J connectivity index is 1.70. The number of rotatable bonds is 6. The van der Waals surface area contributed by atoms with Crippen LogP contribution < -0.4 is 10.1 Å². The second-order valence-corrected chi connectivity index (χ2v) is 5.75. The normalized spacial score (nSPS) is 22.4. The molecule has 1 unspecified atom stereocenters. The van der Waals surface area contributed by atoms with Crippen molar-refractivity contribution in [3.8, 4) is 5.75 Å². The van der Waals surface area contributed by atoms with Gasteiger partial charge in [-0.15, -0.1) is 0 Å². The van der Waals surface area contributed by atoms with Gasteiger partial charge in [0.1, 0.15) is 0 Å². The van der Waals surface area contributed by atoms with Crippen LogP contribution in [0, 0.1) is 5.82 Å². The zero-order valence-corrected chi connectivity index (χ0v) is 12.1. The maximum absolute atomic E-state index is 13.9. The van der Waals surface area contributed by atoms with Crippen LogP contribution in [0.1, 0.15) is 31.7 Å². The fourth-order valence-corrected chi connectivity index (χ4v) is 3.01. The number of hydrogen-bond acceptors (Lipinski definition) is 3. The average molecular weight is 278 g/mol. The first-order valence-electron chi connectivity index (χ1n) is 7.65. The molecule has 2 aliphatic rings. The van der Waals surface area contributed by atoms with Crippen molar-refractivity contribution in [3.63, 3.8) is 0 Å². The molecule has 0 spiro atoms. The number of benzene rings is 1. The van der Waals surface area contributed by atoms with Crippen LogP contribution in [-0.2, 0) is 6.54 Å². The molecule has 2 fully saturated rings. The molecule has 1 aromatic rings. The van der Waals surface area contributed by atoms with Gasteiger partial charge in [0.05, 0.1) is 6.61 Å². The topological polar surface area (TPSA) is 24.5 Å². The van der Waals surface area contributed by atoms with Crippen LogP contribution in [0.25, 0.3) is 0 Å². The number of ether oxygens (including phenoxy) is 1. The molecule has 20 heavy (non-hydrogen) atoms. The van der Waals surface area contributed by atoms with Gasteiger partial charge < -0.3 is 10.1 Å². The summed E-state index contributed by atoms with van der Waals surface area (Å²) < 4.78 is 19.2. The van der Waals surface area contributed by atoms with Crippen LogP contribution in [0.15, 0.2) is 18.2 Å². The van der Waals surface area contributed by atoms with E-state index < -0.39 is 0 Å². The molecule has 0 aromatic heterocycles. The molecule has 0 bridgehead atoms. The number of hydrogen-bond donors (Lipinski definition) is 1. The molecule has 4 heteroatoms. The van der Waals surface area contributed by atoms with Crippen molar-refractivity contribution in [3.05, 3.63) is 29.6 Å². The van der Waals surface area contributed by atoms with Crippen molar-refractivity contribution < 1.29 is 9.13 Å². The zero-order chi connectivity index (χ0) is 13.9. The van der Waals surface area contributed by atoms with Gasteiger partial charge in [-0.1, -0.05) is 6.07 Å². The second-order valence-electron chi connectivity index (χ2n) is 5.75. The number of nitrogens with zero attached hydrogens (tertiary/aromatic N) is 1. The second kappa shape index (κ2) is 6.10. The predicted molar refractivity (Wildman–Crippen MR) is 77.4 cm³/mol. The number of halogens is 1. The third kappa shape index (κ3) is 3.13. The molecule has 1 N–H and O–H groups in total. The molecule has 0 radical (unpaired) electrons. The Kier molecular flexibility index (Phi) is 4.22. The van der Waals surface area contributed by atoms with Crippen molar-refractivity contribution in [1.82, 2.24) is 10.2 Å². The molecule has 110 valence electrons. The van der Waals surface area contributed by atoms with Crippen molar-refractivity contribution in [2.75, 3.05) is 19.7 Å². The highest BCUT2D eigenvalue weighted by Crippen LogP contribution is 2.32. The van der Waals surface area contributed by atoms with Crippen LogP contribution in [0.3, 0.4) is 0 Å². The lowest BCUT2D eigenvalue weighted by Gasteiger charge is -2.28. The summed E-state index contributed by atoms with van der Waals surface area (Å²) in [7, 11) is 0. The highest BCUT2D eigenvalue weighted by molar-refractivity contribution is 5.29. The molecular weight excluding hydrogens is 255 g/mol. The zero-order valence-electron chi connectivity index (χ0n) is 12.1. The molecule has 1 saturated heterocycles. The summed E-state index contributed by atoms with van der Waals surface area (Å²) in [5.41, 5.74) is 1.05. The van der Waals surface area contributed by atoms with E-state index in [4.69, 9.17) is 4.74 Å². The molecule has 1 saturated carbocycles. The summed E-state index contributed by atoms with van der Waals surface area (Å²) in [5.74, 6) is 0.112. The van der Waals surface area contributed by atoms with Crippen LogP contribution in [0.5, 0.6) is 5.75 Å². The first kappa shape index (κ1) is 13.8. The Labute approximate surface area is 120 Å². The summed E-state index contributed by atoms with van der Waals surface area (Å²) in [4.78, 5) is 2.55. The first-order valence-corrected chi connectivity index (χ1v) is 7.65. The van der Waals surface area contributed by atoms with E-state index in [9.17, 15) is 4.39 Å². The summed E-state index contributed by atoms with van der Waals surface area (Å²) >= 11 is 0. The highest BCUT2D eigenvalue weighted by Gasteiger charge is 2.35. The Morgan fingerprint density at radius 1 is 1.30 bits per heavy atom. The van der Waals surface area contributed by atoms with Gasteiger partial charge in [-0.2, -0.15) is 0 Å². The number of nitrogens with one attached hydrogen (secondary N) is 1. The Bertz CT molecular complexity index is 456. The minimum Gasteiger partial charge on any atom is -0.491 e. The van der Waals surface area contributed by atoms with Crippen LogP contribution in [-0.4, -0.2) is 36.7 Å². The Morgan fingerprint density at radius 3 is 2.75 bits per heavy atom. The maximum Gasteiger partial charge on any atom is 0.165 e. The molecule has 1 aliphatic heterocycles. The van der Waals surface area contributed by atoms with Crippen LogP contribution in [0.4, 0.5) is 4.39 Å². The summed E-state index contributed by atoms with van der Waals surface area (Å²) in [5, 5.41) is 3.42. The van der Waals surface area contributed by atoms with Crippen LogP contribution >= 0.6 is 0 Å². The Hall–Kier alpha value is -1.13. The molecule has 1 aromatic carbocycles. The van der Waals surface area contributed by atoms with E-state index in [1.54, 1.807) is 12.1 Å². The average Bonchev–Trinajstić information content (AvgIpc) is 3.13. The minimum atomic E-state index is -0.246. The van der Waals surface area contributed by atoms with Crippen molar-refractivity contribution >= 4 is 0 Å². The summed E-state index contributed by atoms with van der Waals surface area (Å²) in [6, 6.07) is 6.69. The largest absolute Gasteiger partial charge is 0.491 e. The van der Waals surface area contributed by atoms with Gasteiger partial charge >= 0.3 is 0 Å². The lowest BCUT2D eigenvalue weighted by Crippen LogP contribution is -2.38. The monoisotopic (exact) mass is 278 g/mol. The molecule has 0 amide bonds. The quantitative estimate of drug-likeness (QED) is 0.865. The lowest BCUT2D eigenvalue weighted by atomic mass is 10.1. The van der Waals surface area contributed by atoms with Crippen molar-refractivity contribution in [1.29, 1.82) is 0 Å². The standard InChI is InChI=1S/C16H23FN2O/c1-2-20-16-6-3-12(9-15(16)17)11-19(13-4-5-13)14-7-8-18-10-14/h3,6,9,13-14,18H,2,4-5,7-8,10-11H2,1H3. The fraction of sp³-hybridized carbons (Fsp3) is 0.625. The van der Waals surface area contributed by atoms with E-state index in [2.05, 4.69) is 10.2 Å². The van der Waals surface area contributed by atoms with E-state index in [1.807, 2.05) is 13.0 Å². The van der Waals surface area contributed by atoms with Gasteiger partial charge in [0.25, 0.3) is 0 Å². The lowest BCUT2D eigenvalue weighted by molar-refractivity contribution is 0.188. The fourth-order valence-electron chi connectivity index (χ4n) is 3.01. The van der Waals surface area contributed by atoms with Gasteiger partial charge in [-0.3, -0.25) is 4.90 Å². The third-order valence-corrected chi connectivity index (χ3v) is 4.18. The smallest absolute Gasteiger partial charge is 0.165 e. The summed E-state index contributed by atoms with van der Waals surface area (Å²) in [6.45, 7) is 5.38. The molecule has 3 rings (SSSR count). The van der Waals surface area contributed by atoms with E-state index in [1.165, 1.54) is 19.3 Å². The van der Waals surface area contributed by atoms with E-state index >= 15 is 0 Å². The SMILES string of the molecule is CCOc1ccc(CN(C2CC2)C2CCNC2)cc1F. The van der Waals surface area contributed by atoms with Gasteiger partial charge in [-0.25, -0.2) is 4.39 Å². The third-order valence-electron chi connectivity index (χ3n) is 4.18. The molecule has 1 atom stereocenters. The predicted octanol–water partition coefficient (Wildman–Crippen LogP) is 2.55. The first-order chi connectivity index (χ1) is 9.78. The molecule has 3 nitrogen and oxygen atoms in total. The maximum atomic E-state index is 13.9. The van der Waals surface area contributed by atoms with Crippen molar-refractivity contribution in [2.24, 2.45) is 0 Å². The Morgan fingerprint density at radius 2 is 2.15 bits per heavy atom. The highest BCUT2D eigenvalue weighted by atomic mass is 19.1. The van der Waals surface area contributed by atoms with Gasteiger partial charge in [0, 0.05) is 25.2 Å². The molecule has 1 heterocycles. The summed E-state index contributed by atoms with van der Waals surface area (Å²) in [6.07, 6.45) is 3.78.